The number of aromatic amines is 1. The van der Waals surface area contributed by atoms with Crippen LogP contribution in [-0.4, -0.2) is 25.7 Å². The molecule has 6 nitrogen and oxygen atoms in total. The van der Waals surface area contributed by atoms with E-state index in [-0.39, 0.29) is 10.7 Å². The fraction of sp³-hybridized carbons (Fsp3) is 0.0625. The molecule has 0 atom stereocenters. The molecule has 0 bridgehead atoms. The minimum absolute atomic E-state index is 0.134. The highest BCUT2D eigenvalue weighted by Crippen LogP contribution is 2.39. The van der Waals surface area contributed by atoms with Crippen molar-refractivity contribution >= 4 is 39.0 Å². The molecule has 0 saturated carbocycles. The Balaban J connectivity index is 2.00. The van der Waals surface area contributed by atoms with Crippen molar-refractivity contribution in [2.24, 2.45) is 0 Å². The summed E-state index contributed by atoms with van der Waals surface area (Å²) in [5, 5.41) is 7.23. The molecule has 0 aliphatic carbocycles. The second-order valence-electron chi connectivity index (χ2n) is 5.04. The van der Waals surface area contributed by atoms with Gasteiger partial charge in [0.1, 0.15) is 0 Å². The molecule has 0 unspecified atom stereocenters. The smallest absolute Gasteiger partial charge is 0.263 e. The van der Waals surface area contributed by atoms with Gasteiger partial charge < -0.3 is 4.74 Å². The van der Waals surface area contributed by atoms with Gasteiger partial charge in [0.25, 0.3) is 10.0 Å². The highest BCUT2D eigenvalue weighted by molar-refractivity contribution is 7.92. The van der Waals surface area contributed by atoms with E-state index >= 15 is 0 Å². The second-order valence-corrected chi connectivity index (χ2v) is 7.54. The highest BCUT2D eigenvalue weighted by atomic mass is 35.5. The summed E-state index contributed by atoms with van der Waals surface area (Å²) < 4.78 is 32.5. The van der Waals surface area contributed by atoms with Gasteiger partial charge in [-0.2, -0.15) is 5.10 Å². The van der Waals surface area contributed by atoms with Crippen molar-refractivity contribution in [3.63, 3.8) is 0 Å². The van der Waals surface area contributed by atoms with Gasteiger partial charge in [0, 0.05) is 11.8 Å². The molecule has 0 spiro atoms. The van der Waals surface area contributed by atoms with E-state index in [0.29, 0.717) is 26.9 Å². The molecule has 0 amide bonds. The van der Waals surface area contributed by atoms with E-state index in [1.165, 1.54) is 19.2 Å². The van der Waals surface area contributed by atoms with E-state index in [1.54, 1.807) is 36.5 Å². The van der Waals surface area contributed by atoms with Crippen LogP contribution < -0.4 is 9.46 Å². The minimum Gasteiger partial charge on any atom is -0.494 e. The van der Waals surface area contributed by atoms with Crippen LogP contribution >= 0.6 is 23.2 Å². The maximum Gasteiger partial charge on any atom is 0.263 e. The lowest BCUT2D eigenvalue weighted by atomic mass is 10.1. The Bertz CT molecular complexity index is 981. The van der Waals surface area contributed by atoms with Crippen LogP contribution in [0.5, 0.6) is 5.75 Å². The number of sulfonamides is 1. The van der Waals surface area contributed by atoms with Gasteiger partial charge in [-0.25, -0.2) is 8.42 Å². The molecule has 0 saturated heterocycles. The number of benzene rings is 2. The molecule has 2 aromatic carbocycles. The number of aromatic nitrogens is 2. The summed E-state index contributed by atoms with van der Waals surface area (Å²) in [7, 11) is -2.31. The third kappa shape index (κ3) is 3.58. The topological polar surface area (TPSA) is 84.1 Å². The third-order valence-corrected chi connectivity index (χ3v) is 5.35. The Morgan fingerprint density at radius 2 is 1.76 bits per heavy atom. The van der Waals surface area contributed by atoms with E-state index in [1.807, 2.05) is 0 Å². The monoisotopic (exact) mass is 397 g/mol. The Hall–Kier alpha value is -2.22. The summed E-state index contributed by atoms with van der Waals surface area (Å²) in [6.45, 7) is 0. The minimum atomic E-state index is -3.77. The van der Waals surface area contributed by atoms with Crippen molar-refractivity contribution in [3.05, 3.63) is 58.7 Å². The Morgan fingerprint density at radius 1 is 1.12 bits per heavy atom. The predicted molar refractivity (Wildman–Crippen MR) is 97.8 cm³/mol. The average Bonchev–Trinajstić information content (AvgIpc) is 3.03. The fourth-order valence-electron chi connectivity index (χ4n) is 2.28. The first-order chi connectivity index (χ1) is 11.9. The molecular weight excluding hydrogens is 385 g/mol. The number of ether oxygens (including phenoxy) is 1. The van der Waals surface area contributed by atoms with Gasteiger partial charge in [0.05, 0.1) is 22.1 Å². The summed E-state index contributed by atoms with van der Waals surface area (Å²) in [4.78, 5) is 0.134. The maximum atomic E-state index is 12.5. The van der Waals surface area contributed by atoms with Gasteiger partial charge in [-0.05, 0) is 29.8 Å². The summed E-state index contributed by atoms with van der Waals surface area (Å²) in [5.41, 5.74) is 1.10. The maximum absolute atomic E-state index is 12.5. The first-order valence-corrected chi connectivity index (χ1v) is 9.31. The van der Waals surface area contributed by atoms with Crippen LogP contribution in [0, 0.1) is 0 Å². The lowest BCUT2D eigenvalue weighted by Gasteiger charge is -2.10. The summed E-state index contributed by atoms with van der Waals surface area (Å²) in [6.07, 6.45) is 1.55. The van der Waals surface area contributed by atoms with Gasteiger partial charge in [0.15, 0.2) is 11.6 Å². The molecule has 1 heterocycles. The Labute approximate surface area is 154 Å². The van der Waals surface area contributed by atoms with E-state index in [4.69, 9.17) is 27.9 Å². The van der Waals surface area contributed by atoms with Crippen LogP contribution in [-0.2, 0) is 10.0 Å². The zero-order valence-electron chi connectivity index (χ0n) is 13.0. The number of H-pyrrole nitrogens is 1. The summed E-state index contributed by atoms with van der Waals surface area (Å²) in [5.74, 6) is 0.489. The molecule has 9 heteroatoms. The number of methoxy groups -OCH3 is 1. The lowest BCUT2D eigenvalue weighted by molar-refractivity contribution is 0.415. The van der Waals surface area contributed by atoms with Gasteiger partial charge in [0.2, 0.25) is 0 Å². The number of anilines is 1. The van der Waals surface area contributed by atoms with Gasteiger partial charge in [-0.15, -0.1) is 0 Å². The van der Waals surface area contributed by atoms with Crippen LogP contribution in [0.4, 0.5) is 5.82 Å². The van der Waals surface area contributed by atoms with Crippen molar-refractivity contribution in [3.8, 4) is 16.9 Å². The van der Waals surface area contributed by atoms with Crippen LogP contribution in [0.15, 0.2) is 53.6 Å². The van der Waals surface area contributed by atoms with E-state index < -0.39 is 10.0 Å². The molecule has 25 heavy (non-hydrogen) atoms. The number of hydrogen-bond acceptors (Lipinski definition) is 4. The Morgan fingerprint density at radius 3 is 2.36 bits per heavy atom. The fourth-order valence-corrected chi connectivity index (χ4v) is 3.97. The molecule has 2 N–H and O–H groups in total. The van der Waals surface area contributed by atoms with Crippen LogP contribution in [0.2, 0.25) is 10.0 Å². The largest absolute Gasteiger partial charge is 0.494 e. The van der Waals surface area contributed by atoms with Crippen molar-refractivity contribution in [2.45, 2.75) is 4.90 Å². The lowest BCUT2D eigenvalue weighted by Crippen LogP contribution is -2.13. The van der Waals surface area contributed by atoms with Crippen molar-refractivity contribution in [1.82, 2.24) is 10.2 Å². The first-order valence-electron chi connectivity index (χ1n) is 7.07. The zero-order valence-corrected chi connectivity index (χ0v) is 15.3. The molecule has 1 aromatic heterocycles. The van der Waals surface area contributed by atoms with Crippen molar-refractivity contribution < 1.29 is 13.2 Å². The Kier molecular flexibility index (Phi) is 4.89. The number of nitrogens with zero attached hydrogens (tertiary/aromatic N) is 1. The van der Waals surface area contributed by atoms with E-state index in [9.17, 15) is 8.42 Å². The SMILES string of the molecule is COc1c(Cl)cc(-c2c[nH]nc2NS(=O)(=O)c2ccccc2)cc1Cl. The molecule has 3 aromatic rings. The van der Waals surface area contributed by atoms with Crippen molar-refractivity contribution in [1.29, 1.82) is 0 Å². The highest BCUT2D eigenvalue weighted by Gasteiger charge is 2.19. The number of halogens is 2. The molecule has 0 radical (unpaired) electrons. The van der Waals surface area contributed by atoms with E-state index in [0.717, 1.165) is 0 Å². The number of rotatable bonds is 5. The predicted octanol–water partition coefficient (Wildman–Crippen LogP) is 4.19. The molecule has 130 valence electrons. The molecule has 3 rings (SSSR count). The van der Waals surface area contributed by atoms with Crippen LogP contribution in [0.1, 0.15) is 0 Å². The number of nitrogens with one attached hydrogen (secondary N) is 2. The van der Waals surface area contributed by atoms with Crippen LogP contribution in [0.25, 0.3) is 11.1 Å². The normalized spacial score (nSPS) is 11.3. The second kappa shape index (κ2) is 6.95. The van der Waals surface area contributed by atoms with Crippen molar-refractivity contribution in [2.75, 3.05) is 11.8 Å². The first kappa shape index (κ1) is 17.6. The average molecular weight is 398 g/mol. The summed E-state index contributed by atoms with van der Waals surface area (Å²) >= 11 is 12.3. The van der Waals surface area contributed by atoms with Crippen LogP contribution in [0.3, 0.4) is 0 Å². The van der Waals surface area contributed by atoms with Gasteiger partial charge in [-0.1, -0.05) is 41.4 Å². The molecular formula is C16H13Cl2N3O3S. The number of hydrogen-bond donors (Lipinski definition) is 2. The quantitative estimate of drug-likeness (QED) is 0.675. The van der Waals surface area contributed by atoms with E-state index in [2.05, 4.69) is 14.9 Å². The molecule has 0 aliphatic heterocycles. The molecule has 0 fully saturated rings. The van der Waals surface area contributed by atoms with Gasteiger partial charge in [-0.3, -0.25) is 9.82 Å². The third-order valence-electron chi connectivity index (χ3n) is 3.44. The standard InChI is InChI=1S/C16H13Cl2N3O3S/c1-24-15-13(17)7-10(8-14(15)18)12-9-19-20-16(12)21-25(22,23)11-5-3-2-4-6-11/h2-9H,1H3,(H2,19,20,21). The summed E-state index contributed by atoms with van der Waals surface area (Å²) in [6, 6.07) is 11.3. The zero-order chi connectivity index (χ0) is 18.0. The van der Waals surface area contributed by atoms with Gasteiger partial charge >= 0.3 is 0 Å². The molecule has 0 aliphatic rings.